The molecule has 0 atom stereocenters. The Labute approximate surface area is 223 Å². The molecule has 4 rings (SSSR count). The van der Waals surface area contributed by atoms with Crippen LogP contribution in [0.5, 0.6) is 5.75 Å². The molecular formula is C29H28F3N3O4. The van der Waals surface area contributed by atoms with Gasteiger partial charge < -0.3 is 19.3 Å². The highest BCUT2D eigenvalue weighted by Gasteiger charge is 2.30. The number of hydrogen-bond acceptors (Lipinski definition) is 6. The van der Waals surface area contributed by atoms with Crippen LogP contribution in [0.15, 0.2) is 77.3 Å². The SMILES string of the molecule is Cc1ccccc1-c1nc(N(CCc2ccc(OC(C)(C)C(=O)O)cc2)Cc2ccc(C(F)(F)F)cc2)no1. The third-order valence-electron chi connectivity index (χ3n) is 6.21. The van der Waals surface area contributed by atoms with E-state index in [0.29, 0.717) is 36.1 Å². The summed E-state index contributed by atoms with van der Waals surface area (Å²) in [7, 11) is 0. The summed E-state index contributed by atoms with van der Waals surface area (Å²) >= 11 is 0. The number of benzene rings is 3. The lowest BCUT2D eigenvalue weighted by molar-refractivity contribution is -0.152. The normalized spacial score (nSPS) is 11.8. The lowest BCUT2D eigenvalue weighted by atomic mass is 10.1. The smallest absolute Gasteiger partial charge is 0.416 e. The lowest BCUT2D eigenvalue weighted by Crippen LogP contribution is -2.37. The van der Waals surface area contributed by atoms with Crippen LogP contribution in [0, 0.1) is 6.92 Å². The maximum absolute atomic E-state index is 13.0. The number of aromatic nitrogens is 2. The van der Waals surface area contributed by atoms with Gasteiger partial charge in [0.2, 0.25) is 0 Å². The Kier molecular flexibility index (Phi) is 7.94. The molecule has 0 aliphatic rings. The van der Waals surface area contributed by atoms with E-state index in [0.717, 1.165) is 28.8 Å². The lowest BCUT2D eigenvalue weighted by Gasteiger charge is -2.22. The Balaban J connectivity index is 1.54. The summed E-state index contributed by atoms with van der Waals surface area (Å²) in [5.41, 5.74) is 1.28. The third-order valence-corrected chi connectivity index (χ3v) is 6.21. The van der Waals surface area contributed by atoms with Crippen molar-refractivity contribution in [3.8, 4) is 17.2 Å². The molecule has 10 heteroatoms. The number of halogens is 3. The molecule has 0 aliphatic carbocycles. The molecule has 39 heavy (non-hydrogen) atoms. The number of carboxylic acids is 1. The van der Waals surface area contributed by atoms with E-state index in [-0.39, 0.29) is 6.54 Å². The zero-order chi connectivity index (χ0) is 28.2. The van der Waals surface area contributed by atoms with E-state index in [1.165, 1.54) is 26.0 Å². The molecule has 7 nitrogen and oxygen atoms in total. The van der Waals surface area contributed by atoms with E-state index in [2.05, 4.69) is 10.1 Å². The molecule has 1 aromatic heterocycles. The van der Waals surface area contributed by atoms with Gasteiger partial charge in [-0.3, -0.25) is 0 Å². The van der Waals surface area contributed by atoms with Gasteiger partial charge in [0.1, 0.15) is 5.75 Å². The molecule has 3 aromatic carbocycles. The van der Waals surface area contributed by atoms with Crippen molar-refractivity contribution in [2.45, 2.75) is 45.5 Å². The number of aryl methyl sites for hydroxylation is 1. The average Bonchev–Trinajstić information content (AvgIpc) is 3.37. The van der Waals surface area contributed by atoms with Gasteiger partial charge in [-0.05, 0) is 79.4 Å². The van der Waals surface area contributed by atoms with E-state index in [1.54, 1.807) is 12.1 Å². The number of carboxylic acid groups (broad SMARTS) is 1. The minimum Gasteiger partial charge on any atom is -0.478 e. The highest BCUT2D eigenvalue weighted by Crippen LogP contribution is 2.30. The van der Waals surface area contributed by atoms with E-state index < -0.39 is 23.3 Å². The Morgan fingerprint density at radius 1 is 0.974 bits per heavy atom. The molecule has 0 aliphatic heterocycles. The van der Waals surface area contributed by atoms with Gasteiger partial charge in [0, 0.05) is 18.7 Å². The van der Waals surface area contributed by atoms with Crippen LogP contribution in [0.2, 0.25) is 0 Å². The second kappa shape index (κ2) is 11.2. The van der Waals surface area contributed by atoms with Crippen molar-refractivity contribution in [1.82, 2.24) is 10.1 Å². The Hall–Kier alpha value is -4.34. The third kappa shape index (κ3) is 6.95. The molecule has 0 amide bonds. The van der Waals surface area contributed by atoms with Gasteiger partial charge in [0.15, 0.2) is 5.60 Å². The monoisotopic (exact) mass is 539 g/mol. The van der Waals surface area contributed by atoms with E-state index in [9.17, 15) is 23.1 Å². The minimum atomic E-state index is -4.41. The fourth-order valence-corrected chi connectivity index (χ4v) is 3.86. The van der Waals surface area contributed by atoms with Crippen molar-refractivity contribution in [1.29, 1.82) is 0 Å². The maximum Gasteiger partial charge on any atom is 0.416 e. The molecule has 1 heterocycles. The second-order valence-electron chi connectivity index (χ2n) is 9.64. The van der Waals surface area contributed by atoms with Gasteiger partial charge in [0.05, 0.1) is 5.56 Å². The molecule has 0 bridgehead atoms. The summed E-state index contributed by atoms with van der Waals surface area (Å²) < 4.78 is 50.2. The number of carbonyl (C=O) groups is 1. The molecule has 1 N–H and O–H groups in total. The quantitative estimate of drug-likeness (QED) is 0.244. The maximum atomic E-state index is 13.0. The van der Waals surface area contributed by atoms with Crippen molar-refractivity contribution in [2.75, 3.05) is 11.4 Å². The van der Waals surface area contributed by atoms with Gasteiger partial charge in [0.25, 0.3) is 11.8 Å². The highest BCUT2D eigenvalue weighted by atomic mass is 19.4. The van der Waals surface area contributed by atoms with Crippen molar-refractivity contribution < 1.29 is 32.3 Å². The Bertz CT molecular complexity index is 1410. The number of aliphatic carboxylic acids is 1. The van der Waals surface area contributed by atoms with Crippen LogP contribution in [0.25, 0.3) is 11.5 Å². The number of hydrogen-bond donors (Lipinski definition) is 1. The number of anilines is 1. The van der Waals surface area contributed by atoms with Gasteiger partial charge in [-0.1, -0.05) is 42.5 Å². The van der Waals surface area contributed by atoms with Gasteiger partial charge in [-0.15, -0.1) is 0 Å². The Morgan fingerprint density at radius 3 is 2.23 bits per heavy atom. The summed E-state index contributed by atoms with van der Waals surface area (Å²) in [5.74, 6) is 0.0174. The summed E-state index contributed by atoms with van der Waals surface area (Å²) in [6.45, 7) is 5.58. The molecule has 4 aromatic rings. The van der Waals surface area contributed by atoms with Crippen LogP contribution >= 0.6 is 0 Å². The van der Waals surface area contributed by atoms with Gasteiger partial charge in [-0.25, -0.2) is 4.79 Å². The van der Waals surface area contributed by atoms with Crippen molar-refractivity contribution in [2.24, 2.45) is 0 Å². The summed E-state index contributed by atoms with van der Waals surface area (Å²) in [5, 5.41) is 13.4. The largest absolute Gasteiger partial charge is 0.478 e. The molecular weight excluding hydrogens is 511 g/mol. The zero-order valence-corrected chi connectivity index (χ0v) is 21.7. The van der Waals surface area contributed by atoms with Crippen LogP contribution in [0.1, 0.15) is 36.1 Å². The van der Waals surface area contributed by atoms with Crippen molar-refractivity contribution in [3.63, 3.8) is 0 Å². The fourth-order valence-electron chi connectivity index (χ4n) is 3.86. The number of ether oxygens (including phenoxy) is 1. The van der Waals surface area contributed by atoms with E-state index in [1.807, 2.05) is 48.2 Å². The van der Waals surface area contributed by atoms with Crippen LogP contribution in [0.3, 0.4) is 0 Å². The first-order valence-electron chi connectivity index (χ1n) is 12.2. The van der Waals surface area contributed by atoms with Crippen molar-refractivity contribution >= 4 is 11.9 Å². The van der Waals surface area contributed by atoms with Gasteiger partial charge >= 0.3 is 12.1 Å². The standard InChI is InChI=1S/C29H28F3N3O4/c1-19-6-4-5-7-24(19)25-33-27(34-39-25)35(18-21-8-12-22(13-9-21)29(30,31)32)17-16-20-10-14-23(15-11-20)38-28(2,3)26(36)37/h4-15H,16-18H2,1-3H3,(H,36,37). The van der Waals surface area contributed by atoms with Crippen LogP contribution in [-0.2, 0) is 23.9 Å². The molecule has 0 unspecified atom stereocenters. The van der Waals surface area contributed by atoms with Crippen LogP contribution in [-0.4, -0.2) is 33.4 Å². The Morgan fingerprint density at radius 2 is 1.62 bits per heavy atom. The first kappa shape index (κ1) is 27.7. The predicted octanol–water partition coefficient (Wildman–Crippen LogP) is 6.56. The molecule has 0 fully saturated rings. The molecule has 0 saturated heterocycles. The van der Waals surface area contributed by atoms with Crippen LogP contribution in [0.4, 0.5) is 19.1 Å². The minimum absolute atomic E-state index is 0.263. The average molecular weight is 540 g/mol. The van der Waals surface area contributed by atoms with Crippen molar-refractivity contribution in [3.05, 3.63) is 95.1 Å². The zero-order valence-electron chi connectivity index (χ0n) is 21.7. The number of alkyl halides is 3. The highest BCUT2D eigenvalue weighted by molar-refractivity contribution is 5.76. The van der Waals surface area contributed by atoms with Gasteiger partial charge in [-0.2, -0.15) is 18.2 Å². The molecule has 0 radical (unpaired) electrons. The first-order chi connectivity index (χ1) is 18.4. The number of rotatable bonds is 10. The summed E-state index contributed by atoms with van der Waals surface area (Å²) in [6.07, 6.45) is -3.86. The summed E-state index contributed by atoms with van der Waals surface area (Å²) in [4.78, 5) is 17.7. The summed E-state index contributed by atoms with van der Waals surface area (Å²) in [6, 6.07) is 19.6. The predicted molar refractivity (Wildman–Crippen MR) is 139 cm³/mol. The molecule has 204 valence electrons. The second-order valence-corrected chi connectivity index (χ2v) is 9.64. The molecule has 0 saturated carbocycles. The topological polar surface area (TPSA) is 88.7 Å². The fraction of sp³-hybridized carbons (Fsp3) is 0.276. The van der Waals surface area contributed by atoms with E-state index in [4.69, 9.17) is 9.26 Å². The first-order valence-corrected chi connectivity index (χ1v) is 12.2. The van der Waals surface area contributed by atoms with E-state index >= 15 is 0 Å². The van der Waals surface area contributed by atoms with Crippen LogP contribution < -0.4 is 9.64 Å². The number of nitrogens with zero attached hydrogens (tertiary/aromatic N) is 3. The molecule has 0 spiro atoms.